The molecule has 28 heavy (non-hydrogen) atoms. The summed E-state index contributed by atoms with van der Waals surface area (Å²) in [5.74, 6) is 1.67. The van der Waals surface area contributed by atoms with E-state index < -0.39 is 0 Å². The third-order valence-electron chi connectivity index (χ3n) is 4.32. The third-order valence-corrected chi connectivity index (χ3v) is 5.81. The van der Waals surface area contributed by atoms with Gasteiger partial charge < -0.3 is 9.47 Å². The number of thiocarbonyl (C=S) groups is 1. The molecule has 0 aromatic heterocycles. The van der Waals surface area contributed by atoms with Crippen molar-refractivity contribution in [3.63, 3.8) is 0 Å². The zero-order chi connectivity index (χ0) is 20.1. The fraction of sp³-hybridized carbons (Fsp3) is 0.273. The van der Waals surface area contributed by atoms with Crippen LogP contribution in [0.5, 0.6) is 11.5 Å². The molecule has 1 aliphatic heterocycles. The summed E-state index contributed by atoms with van der Waals surface area (Å²) in [6.45, 7) is 5.30. The number of carbonyl (C=O) groups is 1. The molecule has 0 atom stereocenters. The fourth-order valence-electron chi connectivity index (χ4n) is 2.65. The summed E-state index contributed by atoms with van der Waals surface area (Å²) < 4.78 is 12.2. The number of benzene rings is 2. The molecule has 0 N–H and O–H groups in total. The maximum Gasteiger partial charge on any atom is 0.265 e. The summed E-state index contributed by atoms with van der Waals surface area (Å²) >= 11 is 6.47. The van der Waals surface area contributed by atoms with Gasteiger partial charge in [0.05, 0.1) is 18.1 Å². The van der Waals surface area contributed by atoms with Crippen molar-refractivity contribution >= 4 is 40.3 Å². The number of hydrogen-bond donors (Lipinski definition) is 0. The second-order valence-electron chi connectivity index (χ2n) is 6.63. The lowest BCUT2D eigenvalue weighted by molar-refractivity contribution is -0.121. The largest absolute Gasteiger partial charge is 0.493 e. The first-order valence-corrected chi connectivity index (χ1v) is 10.3. The predicted molar refractivity (Wildman–Crippen MR) is 119 cm³/mol. The third kappa shape index (κ3) is 5.14. The normalized spacial score (nSPS) is 15.4. The van der Waals surface area contributed by atoms with Gasteiger partial charge in [0.15, 0.2) is 0 Å². The van der Waals surface area contributed by atoms with E-state index in [9.17, 15) is 4.79 Å². The van der Waals surface area contributed by atoms with Crippen molar-refractivity contribution in [1.82, 2.24) is 4.90 Å². The van der Waals surface area contributed by atoms with Crippen LogP contribution >= 0.6 is 24.0 Å². The van der Waals surface area contributed by atoms with Gasteiger partial charge >= 0.3 is 0 Å². The van der Waals surface area contributed by atoms with E-state index in [1.165, 1.54) is 22.2 Å². The standard InChI is InChI=1S/C22H23NO3S2/c1-15-5-6-16(2)19(13-15)26-12-4-11-25-18-9-7-17(8-10-18)14-20-21(24)23(3)22(27)28-20/h5-10,13-14H,4,11-12H2,1-3H3/b20-14+. The fourth-order valence-corrected chi connectivity index (χ4v) is 3.83. The van der Waals surface area contributed by atoms with Gasteiger partial charge in [-0.1, -0.05) is 48.2 Å². The molecule has 1 amide bonds. The lowest BCUT2D eigenvalue weighted by atomic mass is 10.1. The smallest absolute Gasteiger partial charge is 0.265 e. The number of ether oxygens (including phenoxy) is 2. The van der Waals surface area contributed by atoms with Crippen molar-refractivity contribution < 1.29 is 14.3 Å². The van der Waals surface area contributed by atoms with E-state index in [4.69, 9.17) is 21.7 Å². The first-order chi connectivity index (χ1) is 13.4. The van der Waals surface area contributed by atoms with Crippen LogP contribution in [-0.4, -0.2) is 35.4 Å². The van der Waals surface area contributed by atoms with Crippen molar-refractivity contribution in [2.75, 3.05) is 20.3 Å². The van der Waals surface area contributed by atoms with E-state index >= 15 is 0 Å². The van der Waals surface area contributed by atoms with Gasteiger partial charge in [-0.2, -0.15) is 0 Å². The highest BCUT2D eigenvalue weighted by Crippen LogP contribution is 2.31. The quantitative estimate of drug-likeness (QED) is 0.364. The van der Waals surface area contributed by atoms with Crippen LogP contribution in [0.15, 0.2) is 47.4 Å². The summed E-state index contributed by atoms with van der Waals surface area (Å²) in [5.41, 5.74) is 3.28. The Bertz CT molecular complexity index is 906. The van der Waals surface area contributed by atoms with Gasteiger partial charge in [0, 0.05) is 13.5 Å². The highest BCUT2D eigenvalue weighted by Gasteiger charge is 2.28. The number of rotatable bonds is 7. The Hall–Kier alpha value is -2.31. The number of nitrogens with zero attached hydrogens (tertiary/aromatic N) is 1. The molecule has 0 spiro atoms. The number of aryl methyl sites for hydroxylation is 2. The van der Waals surface area contributed by atoms with Gasteiger partial charge in [0.2, 0.25) is 0 Å². The predicted octanol–water partition coefficient (Wildman–Crippen LogP) is 4.98. The average Bonchev–Trinajstić information content (AvgIpc) is 2.92. The zero-order valence-corrected chi connectivity index (χ0v) is 17.9. The SMILES string of the molecule is Cc1ccc(C)c(OCCCOc2ccc(/C=C3/SC(=S)N(C)C3=O)cc2)c1. The number of amides is 1. The maximum absolute atomic E-state index is 12.0. The maximum atomic E-state index is 12.0. The Morgan fingerprint density at radius 3 is 2.46 bits per heavy atom. The summed E-state index contributed by atoms with van der Waals surface area (Å²) in [5, 5.41) is 0. The van der Waals surface area contributed by atoms with Crippen molar-refractivity contribution in [2.24, 2.45) is 0 Å². The van der Waals surface area contributed by atoms with Crippen LogP contribution in [0, 0.1) is 13.8 Å². The van der Waals surface area contributed by atoms with Crippen molar-refractivity contribution in [3.8, 4) is 11.5 Å². The Kier molecular flexibility index (Phi) is 6.75. The molecule has 1 heterocycles. The number of likely N-dealkylation sites (N-methyl/N-ethyl adjacent to an activating group) is 1. The van der Waals surface area contributed by atoms with Gasteiger partial charge in [-0.3, -0.25) is 9.69 Å². The minimum absolute atomic E-state index is 0.0563. The molecule has 0 unspecified atom stereocenters. The molecule has 0 radical (unpaired) electrons. The first kappa shape index (κ1) is 20.4. The minimum atomic E-state index is -0.0563. The molecule has 146 valence electrons. The van der Waals surface area contributed by atoms with Crippen molar-refractivity contribution in [1.29, 1.82) is 0 Å². The molecule has 1 fully saturated rings. The lowest BCUT2D eigenvalue weighted by Crippen LogP contribution is -2.22. The average molecular weight is 414 g/mol. The van der Waals surface area contributed by atoms with E-state index in [1.807, 2.05) is 37.3 Å². The van der Waals surface area contributed by atoms with Crippen LogP contribution in [0.4, 0.5) is 0 Å². The van der Waals surface area contributed by atoms with Gasteiger partial charge in [-0.25, -0.2) is 0 Å². The Morgan fingerprint density at radius 1 is 1.07 bits per heavy atom. The van der Waals surface area contributed by atoms with Gasteiger partial charge in [0.1, 0.15) is 15.8 Å². The van der Waals surface area contributed by atoms with Crippen LogP contribution in [0.3, 0.4) is 0 Å². The molecule has 1 aliphatic rings. The van der Waals surface area contributed by atoms with Crippen LogP contribution in [0.1, 0.15) is 23.1 Å². The Balaban J connectivity index is 1.45. The summed E-state index contributed by atoms with van der Waals surface area (Å²) in [4.78, 5) is 14.2. The van der Waals surface area contributed by atoms with Crippen LogP contribution in [0.25, 0.3) is 6.08 Å². The number of thioether (sulfide) groups is 1. The lowest BCUT2D eigenvalue weighted by Gasteiger charge is -2.11. The van der Waals surface area contributed by atoms with Gasteiger partial charge in [-0.15, -0.1) is 0 Å². The minimum Gasteiger partial charge on any atom is -0.493 e. The molecule has 4 nitrogen and oxygen atoms in total. The second-order valence-corrected chi connectivity index (χ2v) is 8.30. The van der Waals surface area contributed by atoms with E-state index in [2.05, 4.69) is 25.1 Å². The summed E-state index contributed by atoms with van der Waals surface area (Å²) in [6.07, 6.45) is 2.65. The molecule has 0 bridgehead atoms. The Morgan fingerprint density at radius 2 is 1.79 bits per heavy atom. The summed E-state index contributed by atoms with van der Waals surface area (Å²) in [7, 11) is 1.69. The molecule has 2 aromatic carbocycles. The molecule has 1 saturated heterocycles. The molecule has 0 saturated carbocycles. The second kappa shape index (κ2) is 9.26. The van der Waals surface area contributed by atoms with Gasteiger partial charge in [0.25, 0.3) is 5.91 Å². The van der Waals surface area contributed by atoms with Crippen LogP contribution in [0.2, 0.25) is 0 Å². The highest BCUT2D eigenvalue weighted by atomic mass is 32.2. The topological polar surface area (TPSA) is 38.8 Å². The number of carbonyl (C=O) groups excluding carboxylic acids is 1. The zero-order valence-electron chi connectivity index (χ0n) is 16.2. The molecule has 0 aliphatic carbocycles. The first-order valence-electron chi connectivity index (χ1n) is 9.08. The molecule has 6 heteroatoms. The molecular formula is C22H23NO3S2. The molecular weight excluding hydrogens is 390 g/mol. The summed E-state index contributed by atoms with van der Waals surface area (Å²) in [6, 6.07) is 13.9. The van der Waals surface area contributed by atoms with Gasteiger partial charge in [-0.05, 0) is 54.8 Å². The van der Waals surface area contributed by atoms with Crippen LogP contribution < -0.4 is 9.47 Å². The molecule has 3 rings (SSSR count). The van der Waals surface area contributed by atoms with Crippen molar-refractivity contribution in [3.05, 3.63) is 64.1 Å². The monoisotopic (exact) mass is 413 g/mol. The Labute approximate surface area is 175 Å². The van der Waals surface area contributed by atoms with E-state index in [-0.39, 0.29) is 5.91 Å². The van der Waals surface area contributed by atoms with Crippen molar-refractivity contribution in [2.45, 2.75) is 20.3 Å². The number of hydrogen-bond acceptors (Lipinski definition) is 5. The van der Waals surface area contributed by atoms with E-state index in [0.29, 0.717) is 22.4 Å². The molecule has 2 aromatic rings. The van der Waals surface area contributed by atoms with Crippen LogP contribution in [-0.2, 0) is 4.79 Å². The van der Waals surface area contributed by atoms with E-state index in [0.717, 1.165) is 29.0 Å². The van der Waals surface area contributed by atoms with E-state index in [1.54, 1.807) is 7.05 Å². The highest BCUT2D eigenvalue weighted by molar-refractivity contribution is 8.26.